The number of fused-ring (bicyclic) bond motifs is 1. The van der Waals surface area contributed by atoms with Gasteiger partial charge in [-0.2, -0.15) is 4.31 Å². The molecule has 6 nitrogen and oxygen atoms in total. The van der Waals surface area contributed by atoms with Crippen molar-refractivity contribution in [3.05, 3.63) is 46.2 Å². The highest BCUT2D eigenvalue weighted by Crippen LogP contribution is 2.28. The van der Waals surface area contributed by atoms with E-state index < -0.39 is 16.1 Å². The number of anilines is 1. The van der Waals surface area contributed by atoms with Gasteiger partial charge in [-0.3, -0.25) is 4.79 Å². The van der Waals surface area contributed by atoms with Crippen LogP contribution in [0.5, 0.6) is 0 Å². The Morgan fingerprint density at radius 2 is 2.17 bits per heavy atom. The lowest BCUT2D eigenvalue weighted by atomic mass is 10.2. The highest BCUT2D eigenvalue weighted by Gasteiger charge is 2.26. The summed E-state index contributed by atoms with van der Waals surface area (Å²) in [5, 5.41) is 14.6. The van der Waals surface area contributed by atoms with Crippen LogP contribution in [-0.4, -0.2) is 37.3 Å². The highest BCUT2D eigenvalue weighted by molar-refractivity contribution is 7.89. The number of carbonyl (C=O) groups is 1. The quantitative estimate of drug-likeness (QED) is 0.856. The number of nitrogens with one attached hydrogen (secondary N) is 1. The Balaban J connectivity index is 1.81. The first-order chi connectivity index (χ1) is 10.9. The first-order valence-corrected chi connectivity index (χ1v) is 9.30. The summed E-state index contributed by atoms with van der Waals surface area (Å²) >= 11 is 1.38. The molecule has 1 aliphatic rings. The summed E-state index contributed by atoms with van der Waals surface area (Å²) in [6, 6.07) is 8.14. The van der Waals surface area contributed by atoms with E-state index >= 15 is 0 Å². The van der Waals surface area contributed by atoms with Gasteiger partial charge < -0.3 is 10.4 Å². The Bertz CT molecular complexity index is 831. The standard InChI is InChI=1S/C15H16N2O4S2/c1-17(9-13(18)14-3-2-6-22-14)23(20,21)11-4-5-12-10(7-11)8-15(19)16-12/h2-7,13,18H,8-9H2,1H3,(H,16,19). The van der Waals surface area contributed by atoms with Crippen molar-refractivity contribution in [2.45, 2.75) is 17.4 Å². The fourth-order valence-corrected chi connectivity index (χ4v) is 4.39. The summed E-state index contributed by atoms with van der Waals surface area (Å²) in [6.45, 7) is -0.0306. The zero-order valence-electron chi connectivity index (χ0n) is 12.4. The molecule has 1 atom stereocenters. The lowest BCUT2D eigenvalue weighted by Gasteiger charge is -2.20. The Kier molecular flexibility index (Phi) is 4.24. The number of thiophene rings is 1. The summed E-state index contributed by atoms with van der Waals surface area (Å²) in [4.78, 5) is 12.2. The monoisotopic (exact) mass is 352 g/mol. The third-order valence-electron chi connectivity index (χ3n) is 3.71. The van der Waals surface area contributed by atoms with Crippen LogP contribution in [0.4, 0.5) is 5.69 Å². The molecule has 1 unspecified atom stereocenters. The number of sulfonamides is 1. The van der Waals surface area contributed by atoms with Gasteiger partial charge in [-0.1, -0.05) is 6.07 Å². The maximum atomic E-state index is 12.6. The van der Waals surface area contributed by atoms with E-state index in [1.165, 1.54) is 30.5 Å². The molecule has 0 aliphatic carbocycles. The number of benzene rings is 1. The Labute approximate surface area is 138 Å². The van der Waals surface area contributed by atoms with Crippen molar-refractivity contribution in [2.75, 3.05) is 18.9 Å². The maximum absolute atomic E-state index is 12.6. The summed E-state index contributed by atoms with van der Waals surface area (Å²) in [6.07, 6.45) is -0.687. The fourth-order valence-electron chi connectivity index (χ4n) is 2.46. The average Bonchev–Trinajstić information content (AvgIpc) is 3.14. The van der Waals surface area contributed by atoms with Crippen LogP contribution in [0.15, 0.2) is 40.6 Å². The van der Waals surface area contributed by atoms with Crippen molar-refractivity contribution in [1.29, 1.82) is 0 Å². The SMILES string of the molecule is CN(CC(O)c1cccs1)S(=O)(=O)c1ccc2c(c1)CC(=O)N2. The van der Waals surface area contributed by atoms with Crippen molar-refractivity contribution in [3.8, 4) is 0 Å². The summed E-state index contributed by atoms with van der Waals surface area (Å²) in [5.41, 5.74) is 1.32. The van der Waals surface area contributed by atoms with Crippen molar-refractivity contribution in [2.24, 2.45) is 0 Å². The molecule has 1 amide bonds. The smallest absolute Gasteiger partial charge is 0.242 e. The summed E-state index contributed by atoms with van der Waals surface area (Å²) < 4.78 is 26.4. The molecule has 0 spiro atoms. The second-order valence-corrected chi connectivity index (χ2v) is 8.38. The lowest BCUT2D eigenvalue weighted by molar-refractivity contribution is -0.115. The largest absolute Gasteiger partial charge is 0.386 e. The zero-order chi connectivity index (χ0) is 16.6. The molecule has 2 aromatic rings. The summed E-state index contributed by atoms with van der Waals surface area (Å²) in [5.74, 6) is -0.143. The second kappa shape index (κ2) is 6.04. The van der Waals surface area contributed by atoms with Crippen LogP contribution in [0, 0.1) is 0 Å². The van der Waals surface area contributed by atoms with Crippen LogP contribution < -0.4 is 5.32 Å². The third-order valence-corrected chi connectivity index (χ3v) is 6.50. The molecule has 122 valence electrons. The van der Waals surface area contributed by atoms with Crippen molar-refractivity contribution in [1.82, 2.24) is 4.31 Å². The maximum Gasteiger partial charge on any atom is 0.242 e. The van der Waals surface area contributed by atoms with Gasteiger partial charge in [0.15, 0.2) is 0 Å². The van der Waals surface area contributed by atoms with E-state index in [-0.39, 0.29) is 23.8 Å². The molecule has 0 saturated carbocycles. The lowest BCUT2D eigenvalue weighted by Crippen LogP contribution is -2.31. The Hall–Kier alpha value is -1.74. The molecular formula is C15H16N2O4S2. The van der Waals surface area contributed by atoms with Crippen LogP contribution >= 0.6 is 11.3 Å². The molecule has 1 aromatic carbocycles. The molecule has 0 radical (unpaired) electrons. The van der Waals surface area contributed by atoms with Gasteiger partial charge in [0.05, 0.1) is 11.3 Å². The molecule has 0 bridgehead atoms. The van der Waals surface area contributed by atoms with E-state index in [0.29, 0.717) is 11.3 Å². The second-order valence-electron chi connectivity index (χ2n) is 5.36. The Morgan fingerprint density at radius 1 is 1.39 bits per heavy atom. The van der Waals surface area contributed by atoms with E-state index in [1.54, 1.807) is 12.1 Å². The molecular weight excluding hydrogens is 336 g/mol. The minimum atomic E-state index is -3.73. The van der Waals surface area contributed by atoms with Gasteiger partial charge in [-0.25, -0.2) is 8.42 Å². The van der Waals surface area contributed by atoms with Gasteiger partial charge >= 0.3 is 0 Å². The van der Waals surface area contributed by atoms with Gasteiger partial charge in [0.25, 0.3) is 0 Å². The van der Waals surface area contributed by atoms with Gasteiger partial charge in [0.1, 0.15) is 6.10 Å². The van der Waals surface area contributed by atoms with Gasteiger partial charge in [0, 0.05) is 24.2 Å². The predicted octanol–water partition coefficient (Wildman–Crippen LogP) is 1.60. The molecule has 2 heterocycles. The Morgan fingerprint density at radius 3 is 2.87 bits per heavy atom. The van der Waals surface area contributed by atoms with E-state index in [0.717, 1.165) is 9.18 Å². The highest BCUT2D eigenvalue weighted by atomic mass is 32.2. The number of nitrogens with zero attached hydrogens (tertiary/aromatic N) is 1. The average molecular weight is 352 g/mol. The number of aliphatic hydroxyl groups excluding tert-OH is 1. The third kappa shape index (κ3) is 3.16. The molecule has 0 saturated heterocycles. The number of hydrogen-bond donors (Lipinski definition) is 2. The number of hydrogen-bond acceptors (Lipinski definition) is 5. The van der Waals surface area contributed by atoms with Crippen LogP contribution in [0.2, 0.25) is 0 Å². The van der Waals surface area contributed by atoms with Gasteiger partial charge in [-0.15, -0.1) is 11.3 Å². The molecule has 1 aromatic heterocycles. The first kappa shape index (κ1) is 16.1. The van der Waals surface area contributed by atoms with Crippen molar-refractivity contribution < 1.29 is 18.3 Å². The van der Waals surface area contributed by atoms with E-state index in [9.17, 15) is 18.3 Å². The van der Waals surface area contributed by atoms with E-state index in [1.807, 2.05) is 11.4 Å². The minimum absolute atomic E-state index is 0.0306. The number of rotatable bonds is 5. The number of aliphatic hydroxyl groups is 1. The first-order valence-electron chi connectivity index (χ1n) is 6.98. The molecule has 1 aliphatic heterocycles. The fraction of sp³-hybridized carbons (Fsp3) is 0.267. The van der Waals surface area contributed by atoms with Crippen LogP contribution in [0.3, 0.4) is 0 Å². The van der Waals surface area contributed by atoms with Crippen LogP contribution in [0.1, 0.15) is 16.5 Å². The van der Waals surface area contributed by atoms with Crippen molar-refractivity contribution in [3.63, 3.8) is 0 Å². The molecule has 2 N–H and O–H groups in total. The number of carbonyl (C=O) groups excluding carboxylic acids is 1. The van der Waals surface area contributed by atoms with E-state index in [2.05, 4.69) is 5.32 Å². The van der Waals surface area contributed by atoms with Crippen LogP contribution in [0.25, 0.3) is 0 Å². The number of amides is 1. The normalized spacial score (nSPS) is 15.5. The van der Waals surface area contributed by atoms with E-state index in [4.69, 9.17) is 0 Å². The van der Waals surface area contributed by atoms with Gasteiger partial charge in [0.2, 0.25) is 15.9 Å². The van der Waals surface area contributed by atoms with Gasteiger partial charge in [-0.05, 0) is 35.2 Å². The molecule has 3 rings (SSSR count). The minimum Gasteiger partial charge on any atom is -0.386 e. The molecule has 23 heavy (non-hydrogen) atoms. The topological polar surface area (TPSA) is 86.7 Å². The molecule has 8 heteroatoms. The van der Waals surface area contributed by atoms with Crippen molar-refractivity contribution >= 4 is 33.0 Å². The van der Waals surface area contributed by atoms with Crippen LogP contribution in [-0.2, 0) is 21.2 Å². The number of likely N-dealkylation sites (N-methyl/N-ethyl adjacent to an activating group) is 1. The summed E-state index contributed by atoms with van der Waals surface area (Å²) in [7, 11) is -2.29. The zero-order valence-corrected chi connectivity index (χ0v) is 14.0. The predicted molar refractivity (Wildman–Crippen MR) is 87.9 cm³/mol. The molecule has 0 fully saturated rings.